The highest BCUT2D eigenvalue weighted by molar-refractivity contribution is 7.22. The van der Waals surface area contributed by atoms with E-state index in [1.165, 1.54) is 16.2 Å². The highest BCUT2D eigenvalue weighted by atomic mass is 32.1. The van der Waals surface area contributed by atoms with E-state index in [0.717, 1.165) is 4.70 Å². The van der Waals surface area contributed by atoms with Gasteiger partial charge in [0, 0.05) is 24.3 Å². The minimum absolute atomic E-state index is 0.0431. The molecule has 0 radical (unpaired) electrons. The summed E-state index contributed by atoms with van der Waals surface area (Å²) >= 11 is 1.37. The van der Waals surface area contributed by atoms with Crippen molar-refractivity contribution in [1.29, 1.82) is 0 Å². The van der Waals surface area contributed by atoms with Gasteiger partial charge in [-0.3, -0.25) is 14.4 Å². The van der Waals surface area contributed by atoms with E-state index in [4.69, 9.17) is 14.1 Å². The quantitative estimate of drug-likeness (QED) is 0.336. The van der Waals surface area contributed by atoms with Crippen LogP contribution in [0.5, 0.6) is 5.75 Å². The predicted octanol–water partition coefficient (Wildman–Crippen LogP) is 4.34. The Morgan fingerprint density at radius 1 is 1.18 bits per heavy atom. The maximum absolute atomic E-state index is 13.6. The molecule has 166 valence electrons. The topological polar surface area (TPSA) is 90.5 Å². The fourth-order valence-corrected chi connectivity index (χ4v) is 4.58. The van der Waals surface area contributed by atoms with Crippen LogP contribution < -0.4 is 15.3 Å². The first kappa shape index (κ1) is 20.9. The van der Waals surface area contributed by atoms with Crippen LogP contribution in [0.1, 0.15) is 17.3 Å². The van der Waals surface area contributed by atoms with E-state index in [9.17, 15) is 9.59 Å². The number of hydrogen-bond donors (Lipinski definition) is 0. The Balaban J connectivity index is 1.58. The normalized spacial score (nSPS) is 11.2. The zero-order chi connectivity index (χ0) is 22.8. The van der Waals surface area contributed by atoms with Gasteiger partial charge in [-0.05, 0) is 37.3 Å². The summed E-state index contributed by atoms with van der Waals surface area (Å²) in [6, 6.07) is 16.2. The first-order valence-electron chi connectivity index (χ1n) is 10.5. The van der Waals surface area contributed by atoms with Gasteiger partial charge in [0.1, 0.15) is 22.4 Å². The molecule has 3 heterocycles. The molecule has 9 heteroatoms. The minimum Gasteiger partial charge on any atom is -0.492 e. The summed E-state index contributed by atoms with van der Waals surface area (Å²) in [6.45, 7) is 3.12. The zero-order valence-electron chi connectivity index (χ0n) is 17.8. The monoisotopic (exact) mass is 460 g/mol. The van der Waals surface area contributed by atoms with E-state index in [0.29, 0.717) is 40.5 Å². The molecule has 0 saturated heterocycles. The van der Waals surface area contributed by atoms with Crippen molar-refractivity contribution in [3.05, 3.63) is 83.0 Å². The van der Waals surface area contributed by atoms with Crippen molar-refractivity contribution >= 4 is 43.6 Å². The van der Waals surface area contributed by atoms with Gasteiger partial charge in [0.2, 0.25) is 0 Å². The summed E-state index contributed by atoms with van der Waals surface area (Å²) < 4.78 is 13.7. The maximum Gasteiger partial charge on any atom is 0.349 e. The molecule has 2 aromatic carbocycles. The molecule has 0 aliphatic heterocycles. The van der Waals surface area contributed by atoms with Gasteiger partial charge in [0.15, 0.2) is 5.13 Å². The second kappa shape index (κ2) is 8.87. The van der Waals surface area contributed by atoms with Gasteiger partial charge in [-0.15, -0.1) is 0 Å². The Morgan fingerprint density at radius 3 is 2.88 bits per heavy atom. The third-order valence-electron chi connectivity index (χ3n) is 5.13. The maximum atomic E-state index is 13.6. The number of para-hydroxylation sites is 2. The first-order valence-corrected chi connectivity index (χ1v) is 11.3. The van der Waals surface area contributed by atoms with Crippen LogP contribution in [0.2, 0.25) is 0 Å². The SMILES string of the molecule is CCOc1cccc2sc(N(CCn3cccn3)C(=O)c3cc4ccccc4oc3=O)nc12. The lowest BCUT2D eigenvalue weighted by Gasteiger charge is -2.19. The van der Waals surface area contributed by atoms with Crippen molar-refractivity contribution < 1.29 is 13.9 Å². The van der Waals surface area contributed by atoms with Crippen LogP contribution >= 0.6 is 11.3 Å². The molecule has 0 unspecified atom stereocenters. The largest absolute Gasteiger partial charge is 0.492 e. The first-order chi connectivity index (χ1) is 16.1. The summed E-state index contributed by atoms with van der Waals surface area (Å²) in [4.78, 5) is 32.5. The number of amides is 1. The number of aromatic nitrogens is 3. The lowest BCUT2D eigenvalue weighted by molar-refractivity contribution is 0.0982. The van der Waals surface area contributed by atoms with Gasteiger partial charge >= 0.3 is 5.63 Å². The number of carbonyl (C=O) groups is 1. The molecular formula is C24H20N4O4S. The standard InChI is InChI=1S/C24H20N4O4S/c1-2-31-19-9-5-10-20-21(19)26-24(33-20)28(14-13-27-12-6-11-25-27)22(29)17-15-16-7-3-4-8-18(16)32-23(17)30/h3-12,15H,2,13-14H2,1H3. The fraction of sp³-hybridized carbons (Fsp3) is 0.167. The molecule has 8 nitrogen and oxygen atoms in total. The molecule has 1 amide bonds. The number of anilines is 1. The summed E-state index contributed by atoms with van der Waals surface area (Å²) in [5, 5.41) is 5.37. The molecule has 0 bridgehead atoms. The highest BCUT2D eigenvalue weighted by Crippen LogP contribution is 2.34. The van der Waals surface area contributed by atoms with Gasteiger partial charge in [0.25, 0.3) is 5.91 Å². The molecule has 5 aromatic rings. The minimum atomic E-state index is -0.682. The molecule has 33 heavy (non-hydrogen) atoms. The van der Waals surface area contributed by atoms with E-state index in [-0.39, 0.29) is 12.1 Å². The average Bonchev–Trinajstić information content (AvgIpc) is 3.49. The van der Waals surface area contributed by atoms with E-state index in [1.807, 2.05) is 43.5 Å². The number of fused-ring (bicyclic) bond motifs is 2. The van der Waals surface area contributed by atoms with Gasteiger partial charge in [-0.2, -0.15) is 5.10 Å². The Morgan fingerprint density at radius 2 is 2.06 bits per heavy atom. The summed E-state index contributed by atoms with van der Waals surface area (Å²) in [6.07, 6.45) is 3.49. The molecule has 0 aliphatic carbocycles. The second-order valence-corrected chi connectivity index (χ2v) is 8.25. The van der Waals surface area contributed by atoms with E-state index < -0.39 is 11.5 Å². The van der Waals surface area contributed by atoms with Gasteiger partial charge in [0.05, 0.1) is 17.9 Å². The van der Waals surface area contributed by atoms with Crippen molar-refractivity contribution in [1.82, 2.24) is 14.8 Å². The van der Waals surface area contributed by atoms with Crippen molar-refractivity contribution in [2.45, 2.75) is 13.5 Å². The fourth-order valence-electron chi connectivity index (χ4n) is 3.57. The van der Waals surface area contributed by atoms with E-state index >= 15 is 0 Å². The Bertz CT molecular complexity index is 1490. The number of carbonyl (C=O) groups excluding carboxylic acids is 1. The number of benzene rings is 2. The van der Waals surface area contributed by atoms with Crippen molar-refractivity contribution in [2.75, 3.05) is 18.1 Å². The lowest BCUT2D eigenvalue weighted by atomic mass is 10.1. The van der Waals surface area contributed by atoms with Crippen molar-refractivity contribution in [2.24, 2.45) is 0 Å². The number of hydrogen-bond acceptors (Lipinski definition) is 7. The van der Waals surface area contributed by atoms with Gasteiger partial charge in [-0.1, -0.05) is 35.6 Å². The van der Waals surface area contributed by atoms with Crippen LogP contribution in [0.3, 0.4) is 0 Å². The van der Waals surface area contributed by atoms with E-state index in [2.05, 4.69) is 5.10 Å². The third kappa shape index (κ3) is 4.10. The Labute approximate surface area is 192 Å². The summed E-state index contributed by atoms with van der Waals surface area (Å²) in [5.41, 5.74) is 0.391. The molecule has 0 atom stereocenters. The van der Waals surface area contributed by atoms with Crippen LogP contribution in [0, 0.1) is 0 Å². The Kier molecular flexibility index (Phi) is 5.62. The number of thiazole rings is 1. The third-order valence-corrected chi connectivity index (χ3v) is 6.17. The van der Waals surface area contributed by atoms with Gasteiger partial charge in [-0.25, -0.2) is 9.78 Å². The summed E-state index contributed by atoms with van der Waals surface area (Å²) in [5.74, 6) is 0.181. The zero-order valence-corrected chi connectivity index (χ0v) is 18.6. The molecule has 0 spiro atoms. The van der Waals surface area contributed by atoms with Crippen LogP contribution in [-0.2, 0) is 6.54 Å². The van der Waals surface area contributed by atoms with Gasteiger partial charge < -0.3 is 9.15 Å². The van der Waals surface area contributed by atoms with Crippen LogP contribution in [0.4, 0.5) is 5.13 Å². The van der Waals surface area contributed by atoms with Crippen molar-refractivity contribution in [3.63, 3.8) is 0 Å². The number of rotatable bonds is 7. The highest BCUT2D eigenvalue weighted by Gasteiger charge is 2.25. The van der Waals surface area contributed by atoms with Crippen LogP contribution in [0.25, 0.3) is 21.2 Å². The molecule has 5 rings (SSSR count). The molecule has 0 aliphatic rings. The molecule has 0 saturated carbocycles. The molecule has 3 aromatic heterocycles. The summed E-state index contributed by atoms with van der Waals surface area (Å²) in [7, 11) is 0. The molecular weight excluding hydrogens is 440 g/mol. The second-order valence-electron chi connectivity index (χ2n) is 7.24. The number of ether oxygens (including phenoxy) is 1. The smallest absolute Gasteiger partial charge is 0.349 e. The lowest BCUT2D eigenvalue weighted by Crippen LogP contribution is -2.36. The molecule has 0 fully saturated rings. The molecule has 0 N–H and O–H groups in total. The van der Waals surface area contributed by atoms with Crippen LogP contribution in [0.15, 0.2) is 76.2 Å². The van der Waals surface area contributed by atoms with Crippen LogP contribution in [-0.4, -0.2) is 33.8 Å². The predicted molar refractivity (Wildman–Crippen MR) is 127 cm³/mol. The average molecular weight is 461 g/mol. The van der Waals surface area contributed by atoms with E-state index in [1.54, 1.807) is 35.1 Å². The Hall–Kier alpha value is -3.98. The number of nitrogens with zero attached hydrogens (tertiary/aromatic N) is 4. The van der Waals surface area contributed by atoms with Crippen molar-refractivity contribution in [3.8, 4) is 5.75 Å².